The van der Waals surface area contributed by atoms with E-state index in [0.29, 0.717) is 6.04 Å². The zero-order valence-electron chi connectivity index (χ0n) is 10.2. The first kappa shape index (κ1) is 10.4. The SMILES string of the molecule is CCn1cc(C2CCNc3c(C)cnn32)cn1. The average molecular weight is 231 g/mol. The molecule has 1 atom stereocenters. The number of nitrogens with one attached hydrogen (secondary N) is 1. The summed E-state index contributed by atoms with van der Waals surface area (Å²) in [5.41, 5.74) is 2.45. The smallest absolute Gasteiger partial charge is 0.127 e. The standard InChI is InChI=1S/C12H17N5/c1-3-16-8-10(7-14-16)11-4-5-13-12-9(2)6-15-17(11)12/h6-8,11,13H,3-5H2,1-2H3. The van der Waals surface area contributed by atoms with Crippen molar-refractivity contribution in [3.63, 3.8) is 0 Å². The minimum absolute atomic E-state index is 0.320. The molecule has 0 saturated carbocycles. The fraction of sp³-hybridized carbons (Fsp3) is 0.500. The molecule has 0 saturated heterocycles. The first-order valence-electron chi connectivity index (χ1n) is 6.10. The Bertz CT molecular complexity index is 525. The van der Waals surface area contributed by atoms with Crippen molar-refractivity contribution in [1.82, 2.24) is 19.6 Å². The second kappa shape index (κ2) is 3.91. The lowest BCUT2D eigenvalue weighted by molar-refractivity contribution is 0.481. The minimum Gasteiger partial charge on any atom is -0.370 e. The van der Waals surface area contributed by atoms with Crippen LogP contribution in [-0.2, 0) is 6.54 Å². The molecule has 0 radical (unpaired) electrons. The predicted octanol–water partition coefficient (Wildman–Crippen LogP) is 1.81. The van der Waals surface area contributed by atoms with E-state index >= 15 is 0 Å². The van der Waals surface area contributed by atoms with Gasteiger partial charge in [0.15, 0.2) is 0 Å². The van der Waals surface area contributed by atoms with Crippen LogP contribution in [-0.4, -0.2) is 26.1 Å². The monoisotopic (exact) mass is 231 g/mol. The van der Waals surface area contributed by atoms with Crippen LogP contribution >= 0.6 is 0 Å². The molecule has 2 aromatic heterocycles. The Labute approximate surface area is 100 Å². The van der Waals surface area contributed by atoms with Crippen molar-refractivity contribution in [2.75, 3.05) is 11.9 Å². The summed E-state index contributed by atoms with van der Waals surface area (Å²) >= 11 is 0. The molecule has 5 nitrogen and oxygen atoms in total. The van der Waals surface area contributed by atoms with Crippen LogP contribution in [0.3, 0.4) is 0 Å². The van der Waals surface area contributed by atoms with Gasteiger partial charge in [-0.15, -0.1) is 0 Å². The van der Waals surface area contributed by atoms with Crippen LogP contribution in [0.25, 0.3) is 0 Å². The van der Waals surface area contributed by atoms with Gasteiger partial charge in [0.2, 0.25) is 0 Å². The Balaban J connectivity index is 1.99. The summed E-state index contributed by atoms with van der Waals surface area (Å²) in [7, 11) is 0. The van der Waals surface area contributed by atoms with E-state index in [1.165, 1.54) is 11.1 Å². The molecule has 90 valence electrons. The molecule has 0 aromatic carbocycles. The molecule has 1 aliphatic heterocycles. The molecule has 1 aliphatic rings. The van der Waals surface area contributed by atoms with Gasteiger partial charge in [0, 0.05) is 30.4 Å². The fourth-order valence-electron chi connectivity index (χ4n) is 2.39. The zero-order valence-corrected chi connectivity index (χ0v) is 10.2. The van der Waals surface area contributed by atoms with Crippen LogP contribution in [0.2, 0.25) is 0 Å². The van der Waals surface area contributed by atoms with Crippen molar-refractivity contribution < 1.29 is 0 Å². The molecule has 5 heteroatoms. The second-order valence-corrected chi connectivity index (χ2v) is 4.48. The van der Waals surface area contributed by atoms with E-state index in [9.17, 15) is 0 Å². The number of aromatic nitrogens is 4. The molecule has 0 aliphatic carbocycles. The fourth-order valence-corrected chi connectivity index (χ4v) is 2.39. The van der Waals surface area contributed by atoms with Gasteiger partial charge in [-0.05, 0) is 20.3 Å². The third-order valence-corrected chi connectivity index (χ3v) is 3.35. The van der Waals surface area contributed by atoms with Crippen molar-refractivity contribution in [2.24, 2.45) is 0 Å². The summed E-state index contributed by atoms with van der Waals surface area (Å²) in [5.74, 6) is 1.14. The number of aryl methyl sites for hydroxylation is 2. The molecular weight excluding hydrogens is 214 g/mol. The highest BCUT2D eigenvalue weighted by molar-refractivity contribution is 5.45. The van der Waals surface area contributed by atoms with Crippen molar-refractivity contribution in [1.29, 1.82) is 0 Å². The first-order valence-corrected chi connectivity index (χ1v) is 6.10. The van der Waals surface area contributed by atoms with E-state index in [4.69, 9.17) is 0 Å². The zero-order chi connectivity index (χ0) is 11.8. The molecule has 3 rings (SSSR count). The van der Waals surface area contributed by atoms with Gasteiger partial charge in [-0.2, -0.15) is 10.2 Å². The van der Waals surface area contributed by atoms with Gasteiger partial charge in [-0.3, -0.25) is 4.68 Å². The van der Waals surface area contributed by atoms with Crippen LogP contribution in [0.15, 0.2) is 18.6 Å². The second-order valence-electron chi connectivity index (χ2n) is 4.48. The minimum atomic E-state index is 0.320. The molecule has 3 heterocycles. The number of anilines is 1. The summed E-state index contributed by atoms with van der Waals surface area (Å²) in [5, 5.41) is 12.2. The van der Waals surface area contributed by atoms with E-state index in [-0.39, 0.29) is 0 Å². The van der Waals surface area contributed by atoms with Gasteiger partial charge in [-0.1, -0.05) is 0 Å². The molecule has 0 spiro atoms. The third-order valence-electron chi connectivity index (χ3n) is 3.35. The highest BCUT2D eigenvalue weighted by atomic mass is 15.4. The lowest BCUT2D eigenvalue weighted by Gasteiger charge is -2.25. The Morgan fingerprint density at radius 3 is 3.06 bits per heavy atom. The van der Waals surface area contributed by atoms with Gasteiger partial charge in [0.05, 0.1) is 18.4 Å². The van der Waals surface area contributed by atoms with E-state index in [0.717, 1.165) is 25.3 Å². The van der Waals surface area contributed by atoms with Crippen molar-refractivity contribution >= 4 is 5.82 Å². The number of fused-ring (bicyclic) bond motifs is 1. The predicted molar refractivity (Wildman–Crippen MR) is 66.1 cm³/mol. The molecule has 1 unspecified atom stereocenters. The Kier molecular flexibility index (Phi) is 2.39. The summed E-state index contributed by atoms with van der Waals surface area (Å²) in [6.07, 6.45) is 7.06. The summed E-state index contributed by atoms with van der Waals surface area (Å²) in [6.45, 7) is 6.09. The Morgan fingerprint density at radius 1 is 1.41 bits per heavy atom. The number of hydrogen-bond donors (Lipinski definition) is 1. The highest BCUT2D eigenvalue weighted by Gasteiger charge is 2.24. The maximum Gasteiger partial charge on any atom is 0.127 e. The first-order chi connectivity index (χ1) is 8.29. The molecule has 0 bridgehead atoms. The van der Waals surface area contributed by atoms with Gasteiger partial charge in [0.1, 0.15) is 5.82 Å². The van der Waals surface area contributed by atoms with E-state index in [2.05, 4.69) is 40.2 Å². The number of hydrogen-bond acceptors (Lipinski definition) is 3. The van der Waals surface area contributed by atoms with Crippen LogP contribution in [0.1, 0.15) is 30.5 Å². The summed E-state index contributed by atoms with van der Waals surface area (Å²) in [6, 6.07) is 0.320. The van der Waals surface area contributed by atoms with Gasteiger partial charge in [0.25, 0.3) is 0 Å². The van der Waals surface area contributed by atoms with Crippen LogP contribution in [0.5, 0.6) is 0 Å². The molecular formula is C12H17N5. The lowest BCUT2D eigenvalue weighted by atomic mass is 10.1. The van der Waals surface area contributed by atoms with Gasteiger partial charge < -0.3 is 5.32 Å². The average Bonchev–Trinajstić information content (AvgIpc) is 2.96. The topological polar surface area (TPSA) is 47.7 Å². The Morgan fingerprint density at radius 2 is 2.29 bits per heavy atom. The maximum atomic E-state index is 4.47. The van der Waals surface area contributed by atoms with E-state index in [1.807, 2.05) is 17.1 Å². The largest absolute Gasteiger partial charge is 0.370 e. The Hall–Kier alpha value is -1.78. The quantitative estimate of drug-likeness (QED) is 0.857. The van der Waals surface area contributed by atoms with Crippen LogP contribution in [0.4, 0.5) is 5.82 Å². The molecule has 17 heavy (non-hydrogen) atoms. The van der Waals surface area contributed by atoms with Crippen molar-refractivity contribution in [2.45, 2.75) is 32.9 Å². The molecule has 2 aromatic rings. The molecule has 0 fully saturated rings. The normalized spacial score (nSPS) is 18.8. The number of rotatable bonds is 2. The van der Waals surface area contributed by atoms with E-state index < -0.39 is 0 Å². The maximum absolute atomic E-state index is 4.47. The summed E-state index contributed by atoms with van der Waals surface area (Å²) in [4.78, 5) is 0. The molecule has 1 N–H and O–H groups in total. The van der Waals surface area contributed by atoms with Crippen LogP contribution < -0.4 is 5.32 Å². The van der Waals surface area contributed by atoms with Gasteiger partial charge >= 0.3 is 0 Å². The third kappa shape index (κ3) is 1.62. The lowest BCUT2D eigenvalue weighted by Crippen LogP contribution is -2.24. The van der Waals surface area contributed by atoms with Crippen LogP contribution in [0, 0.1) is 6.92 Å². The summed E-state index contributed by atoms with van der Waals surface area (Å²) < 4.78 is 4.04. The number of nitrogens with zero attached hydrogens (tertiary/aromatic N) is 4. The van der Waals surface area contributed by atoms with Crippen molar-refractivity contribution in [3.05, 3.63) is 29.7 Å². The van der Waals surface area contributed by atoms with Gasteiger partial charge in [-0.25, -0.2) is 4.68 Å². The highest BCUT2D eigenvalue weighted by Crippen LogP contribution is 2.30. The van der Waals surface area contributed by atoms with Crippen molar-refractivity contribution in [3.8, 4) is 0 Å². The molecule has 0 amide bonds. The van der Waals surface area contributed by atoms with E-state index in [1.54, 1.807) is 0 Å².